The molecule has 270 valence electrons. The quantitative estimate of drug-likeness (QED) is 0.123. The molecule has 3 aliphatic rings. The van der Waals surface area contributed by atoms with Crippen molar-refractivity contribution in [2.24, 2.45) is 0 Å². The number of ether oxygens (including phenoxy) is 2. The Morgan fingerprint density at radius 3 is 2.73 bits per heavy atom. The van der Waals surface area contributed by atoms with Gasteiger partial charge in [-0.3, -0.25) is 9.69 Å². The number of anilines is 2. The first-order valence-electron chi connectivity index (χ1n) is 18.3. The largest absolute Gasteiger partial charge is 0.462 e. The van der Waals surface area contributed by atoms with E-state index in [4.69, 9.17) is 31.0 Å². The number of benzene rings is 3. The van der Waals surface area contributed by atoms with Crippen LogP contribution in [-0.4, -0.2) is 90.2 Å². The Kier molecular flexibility index (Phi) is 11.2. The molecule has 52 heavy (non-hydrogen) atoms. The lowest BCUT2D eigenvalue weighted by Gasteiger charge is -2.42. The SMILES string of the molecule is C=CC(=O)N1CCN(c2nc(OC[C@@H]3CCCN3CCOCc3cccc(C)c3)nc3c2CCN(c2cccc4cccc(Cl)c24)C3)C[C@@H]1CC#N. The number of aromatic nitrogens is 2. The number of hydrogen-bond donors (Lipinski definition) is 0. The monoisotopic (exact) mass is 719 g/mol. The zero-order valence-corrected chi connectivity index (χ0v) is 30.6. The zero-order valence-electron chi connectivity index (χ0n) is 29.8. The van der Waals surface area contributed by atoms with Crippen LogP contribution in [0.4, 0.5) is 11.5 Å². The maximum absolute atomic E-state index is 12.7. The van der Waals surface area contributed by atoms with E-state index < -0.39 is 0 Å². The molecule has 1 amide bonds. The second kappa shape index (κ2) is 16.3. The second-order valence-electron chi connectivity index (χ2n) is 13.9. The van der Waals surface area contributed by atoms with Crippen LogP contribution >= 0.6 is 11.6 Å². The molecule has 11 heteroatoms. The van der Waals surface area contributed by atoms with E-state index in [1.165, 1.54) is 17.2 Å². The van der Waals surface area contributed by atoms with Crippen molar-refractivity contribution in [3.63, 3.8) is 0 Å². The number of piperazine rings is 1. The molecular weight excluding hydrogens is 674 g/mol. The van der Waals surface area contributed by atoms with Gasteiger partial charge in [0.15, 0.2) is 0 Å². The molecule has 10 nitrogen and oxygen atoms in total. The summed E-state index contributed by atoms with van der Waals surface area (Å²) in [5.74, 6) is 0.678. The Balaban J connectivity index is 1.11. The summed E-state index contributed by atoms with van der Waals surface area (Å²) in [6.07, 6.45) is 4.45. The number of rotatable bonds is 12. The maximum Gasteiger partial charge on any atom is 0.318 e. The topological polar surface area (TPSA) is 98.1 Å². The van der Waals surface area contributed by atoms with Crippen molar-refractivity contribution in [1.82, 2.24) is 19.8 Å². The van der Waals surface area contributed by atoms with Crippen LogP contribution in [0, 0.1) is 18.3 Å². The molecule has 0 N–H and O–H groups in total. The summed E-state index contributed by atoms with van der Waals surface area (Å²) in [5.41, 5.74) is 5.51. The fraction of sp³-hybridized carbons (Fsp3) is 0.415. The minimum Gasteiger partial charge on any atom is -0.462 e. The van der Waals surface area contributed by atoms with E-state index in [1.54, 1.807) is 4.90 Å². The summed E-state index contributed by atoms with van der Waals surface area (Å²) < 4.78 is 12.5. The van der Waals surface area contributed by atoms with Crippen molar-refractivity contribution in [3.8, 4) is 12.1 Å². The number of nitrogens with zero attached hydrogens (tertiary/aromatic N) is 7. The molecule has 2 atom stereocenters. The number of halogens is 1. The Labute approximate surface area is 311 Å². The summed E-state index contributed by atoms with van der Waals surface area (Å²) in [7, 11) is 0. The standard InChI is InChI=1S/C41H46ClN7O3/c1-3-38(50)49-21-20-48(25-32(49)15-17-43)40-34-16-19-47(37-14-6-11-31-10-5-13-35(42)39(31)37)26-36(34)44-41(45-40)52-28-33-12-7-18-46(33)22-23-51-27-30-9-4-8-29(2)24-30/h3-6,8-11,13-14,24,32-33H,1,7,12,15-16,18-23,25-28H2,2H3/t32-,33-/m0/s1. The van der Waals surface area contributed by atoms with E-state index in [0.29, 0.717) is 52.0 Å². The summed E-state index contributed by atoms with van der Waals surface area (Å²) in [6.45, 7) is 12.3. The smallest absolute Gasteiger partial charge is 0.318 e. The van der Waals surface area contributed by atoms with Gasteiger partial charge in [-0.15, -0.1) is 0 Å². The van der Waals surface area contributed by atoms with Gasteiger partial charge in [0.25, 0.3) is 0 Å². The van der Waals surface area contributed by atoms with Gasteiger partial charge in [0.2, 0.25) is 5.91 Å². The summed E-state index contributed by atoms with van der Waals surface area (Å²) in [4.78, 5) is 31.5. The minimum atomic E-state index is -0.266. The first-order chi connectivity index (χ1) is 25.4. The van der Waals surface area contributed by atoms with E-state index in [-0.39, 0.29) is 24.4 Å². The van der Waals surface area contributed by atoms with Gasteiger partial charge in [0, 0.05) is 55.4 Å². The van der Waals surface area contributed by atoms with Crippen LogP contribution in [-0.2, 0) is 29.1 Å². The van der Waals surface area contributed by atoms with Crippen molar-refractivity contribution in [2.75, 3.05) is 62.3 Å². The van der Waals surface area contributed by atoms with Crippen molar-refractivity contribution < 1.29 is 14.3 Å². The predicted molar refractivity (Wildman–Crippen MR) is 205 cm³/mol. The third-order valence-corrected chi connectivity index (χ3v) is 10.9. The van der Waals surface area contributed by atoms with Crippen LogP contribution in [0.3, 0.4) is 0 Å². The molecule has 3 aromatic carbocycles. The van der Waals surface area contributed by atoms with Gasteiger partial charge in [-0.1, -0.05) is 72.3 Å². The number of amides is 1. The van der Waals surface area contributed by atoms with Crippen LogP contribution in [0.25, 0.3) is 10.8 Å². The predicted octanol–water partition coefficient (Wildman–Crippen LogP) is 6.33. The Bertz CT molecular complexity index is 1960. The molecule has 1 aromatic heterocycles. The third-order valence-electron chi connectivity index (χ3n) is 10.5. The number of nitriles is 1. The molecule has 2 fully saturated rings. The van der Waals surface area contributed by atoms with Crippen molar-refractivity contribution in [2.45, 2.75) is 57.8 Å². The van der Waals surface area contributed by atoms with Crippen LogP contribution in [0.1, 0.15) is 41.6 Å². The molecule has 2 saturated heterocycles. The van der Waals surface area contributed by atoms with E-state index in [1.807, 2.05) is 12.1 Å². The van der Waals surface area contributed by atoms with Crippen molar-refractivity contribution in [3.05, 3.63) is 101 Å². The molecule has 0 spiro atoms. The van der Waals surface area contributed by atoms with Gasteiger partial charge in [-0.05, 0) is 61.9 Å². The molecule has 3 aliphatic heterocycles. The molecule has 4 aromatic rings. The highest BCUT2D eigenvalue weighted by atomic mass is 35.5. The molecule has 4 heterocycles. The number of hydrogen-bond acceptors (Lipinski definition) is 9. The van der Waals surface area contributed by atoms with Gasteiger partial charge in [0.05, 0.1) is 49.0 Å². The lowest BCUT2D eigenvalue weighted by atomic mass is 10.0. The van der Waals surface area contributed by atoms with Crippen molar-refractivity contribution in [1.29, 1.82) is 5.26 Å². The average Bonchev–Trinajstić information content (AvgIpc) is 3.62. The van der Waals surface area contributed by atoms with Gasteiger partial charge in [0.1, 0.15) is 12.4 Å². The summed E-state index contributed by atoms with van der Waals surface area (Å²) in [5, 5.41) is 12.5. The molecule has 0 unspecified atom stereocenters. The van der Waals surface area contributed by atoms with Crippen LogP contribution < -0.4 is 14.5 Å². The van der Waals surface area contributed by atoms with Gasteiger partial charge in [-0.2, -0.15) is 15.2 Å². The Hall–Kier alpha value is -4.69. The molecule has 0 radical (unpaired) electrons. The van der Waals surface area contributed by atoms with E-state index in [2.05, 4.69) is 82.8 Å². The number of carbonyl (C=O) groups is 1. The number of aryl methyl sites for hydroxylation is 1. The van der Waals surface area contributed by atoms with Gasteiger partial charge >= 0.3 is 6.01 Å². The molecule has 7 rings (SSSR count). The summed E-state index contributed by atoms with van der Waals surface area (Å²) >= 11 is 6.76. The van der Waals surface area contributed by atoms with Crippen LogP contribution in [0.5, 0.6) is 6.01 Å². The number of fused-ring (bicyclic) bond motifs is 2. The van der Waals surface area contributed by atoms with Crippen LogP contribution in [0.2, 0.25) is 5.02 Å². The molecule has 0 bridgehead atoms. The minimum absolute atomic E-state index is 0.153. The maximum atomic E-state index is 12.7. The lowest BCUT2D eigenvalue weighted by molar-refractivity contribution is -0.128. The first kappa shape index (κ1) is 35.7. The zero-order chi connectivity index (χ0) is 36.0. The fourth-order valence-corrected chi connectivity index (χ4v) is 8.20. The number of likely N-dealkylation sites (tertiary alicyclic amines) is 1. The highest BCUT2D eigenvalue weighted by Crippen LogP contribution is 2.37. The normalized spacial score (nSPS) is 19.1. The Morgan fingerprint density at radius 2 is 1.90 bits per heavy atom. The van der Waals surface area contributed by atoms with E-state index in [9.17, 15) is 10.1 Å². The fourth-order valence-electron chi connectivity index (χ4n) is 7.92. The lowest BCUT2D eigenvalue weighted by Crippen LogP contribution is -2.55. The van der Waals surface area contributed by atoms with Crippen LogP contribution in [0.15, 0.2) is 73.3 Å². The molecular formula is C41H46ClN7O3. The third kappa shape index (κ3) is 7.87. The second-order valence-corrected chi connectivity index (χ2v) is 14.3. The number of carbonyl (C=O) groups excluding carboxylic acids is 1. The average molecular weight is 720 g/mol. The van der Waals surface area contributed by atoms with Gasteiger partial charge < -0.3 is 24.2 Å². The van der Waals surface area contributed by atoms with Crippen molar-refractivity contribution >= 4 is 39.8 Å². The molecule has 0 aliphatic carbocycles. The molecule has 0 saturated carbocycles. The highest BCUT2D eigenvalue weighted by molar-refractivity contribution is 6.36. The highest BCUT2D eigenvalue weighted by Gasteiger charge is 2.34. The van der Waals surface area contributed by atoms with E-state index in [0.717, 1.165) is 77.5 Å². The first-order valence-corrected chi connectivity index (χ1v) is 18.7. The van der Waals surface area contributed by atoms with Gasteiger partial charge in [-0.25, -0.2) is 0 Å². The summed E-state index contributed by atoms with van der Waals surface area (Å²) in [6, 6.07) is 23.3. The van der Waals surface area contributed by atoms with E-state index >= 15 is 0 Å². The Morgan fingerprint density at radius 1 is 1.06 bits per heavy atom.